The van der Waals surface area contributed by atoms with E-state index in [2.05, 4.69) is 10.6 Å². The molecule has 2 heterocycles. The van der Waals surface area contributed by atoms with Crippen LogP contribution in [0.4, 0.5) is 0 Å². The Balaban J connectivity index is 1.73. The normalized spacial score (nSPS) is 25.1. The van der Waals surface area contributed by atoms with Crippen LogP contribution in [0.2, 0.25) is 0 Å². The molecule has 0 aromatic carbocycles. The number of amides is 2. The average Bonchev–Trinajstić information content (AvgIpc) is 2.48. The van der Waals surface area contributed by atoms with Crippen molar-refractivity contribution in [2.24, 2.45) is 0 Å². The van der Waals surface area contributed by atoms with Gasteiger partial charge in [-0.05, 0) is 45.6 Å². The monoisotopic (exact) mass is 281 g/mol. The molecular weight excluding hydrogens is 254 g/mol. The SMILES string of the molecule is CC(NC(=O)CC1CCCCN1)C(=O)N1CCCCC1. The zero-order chi connectivity index (χ0) is 14.4. The van der Waals surface area contributed by atoms with Crippen LogP contribution in [0, 0.1) is 0 Å². The third-order valence-corrected chi connectivity index (χ3v) is 4.26. The van der Waals surface area contributed by atoms with E-state index >= 15 is 0 Å². The van der Waals surface area contributed by atoms with Crippen molar-refractivity contribution in [1.82, 2.24) is 15.5 Å². The van der Waals surface area contributed by atoms with Crippen LogP contribution in [0.1, 0.15) is 51.9 Å². The largest absolute Gasteiger partial charge is 0.345 e. The molecule has 2 saturated heterocycles. The van der Waals surface area contributed by atoms with E-state index in [0.717, 1.165) is 38.9 Å². The molecule has 0 aliphatic carbocycles. The van der Waals surface area contributed by atoms with Gasteiger partial charge in [0.2, 0.25) is 11.8 Å². The van der Waals surface area contributed by atoms with E-state index in [1.54, 1.807) is 6.92 Å². The molecule has 2 amide bonds. The number of carbonyl (C=O) groups is 2. The van der Waals surface area contributed by atoms with E-state index in [1.807, 2.05) is 4.90 Å². The van der Waals surface area contributed by atoms with Gasteiger partial charge in [-0.1, -0.05) is 6.42 Å². The maximum absolute atomic E-state index is 12.2. The van der Waals surface area contributed by atoms with Gasteiger partial charge in [-0.3, -0.25) is 9.59 Å². The van der Waals surface area contributed by atoms with Crippen LogP contribution < -0.4 is 10.6 Å². The molecule has 2 atom stereocenters. The molecule has 0 spiro atoms. The predicted octanol–water partition coefficient (Wildman–Crippen LogP) is 1.04. The molecule has 2 fully saturated rings. The Kier molecular flexibility index (Phi) is 5.83. The highest BCUT2D eigenvalue weighted by atomic mass is 16.2. The van der Waals surface area contributed by atoms with Crippen LogP contribution in [0.3, 0.4) is 0 Å². The van der Waals surface area contributed by atoms with Gasteiger partial charge in [0.1, 0.15) is 6.04 Å². The number of piperidine rings is 2. The minimum absolute atomic E-state index is 0.0118. The molecule has 2 N–H and O–H groups in total. The number of rotatable bonds is 4. The molecular formula is C15H27N3O2. The van der Waals surface area contributed by atoms with E-state index in [1.165, 1.54) is 19.3 Å². The van der Waals surface area contributed by atoms with Gasteiger partial charge in [0.15, 0.2) is 0 Å². The Labute approximate surface area is 121 Å². The van der Waals surface area contributed by atoms with Crippen molar-refractivity contribution < 1.29 is 9.59 Å². The van der Waals surface area contributed by atoms with Crippen LogP contribution in [0.5, 0.6) is 0 Å². The molecule has 2 unspecified atom stereocenters. The average molecular weight is 281 g/mol. The topological polar surface area (TPSA) is 61.4 Å². The van der Waals surface area contributed by atoms with E-state index in [0.29, 0.717) is 6.42 Å². The maximum atomic E-state index is 12.2. The molecule has 0 aromatic heterocycles. The quantitative estimate of drug-likeness (QED) is 0.809. The summed E-state index contributed by atoms with van der Waals surface area (Å²) >= 11 is 0. The second kappa shape index (κ2) is 7.62. The number of hydrogen-bond donors (Lipinski definition) is 2. The first-order valence-corrected chi connectivity index (χ1v) is 7.98. The summed E-state index contributed by atoms with van der Waals surface area (Å²) in [7, 11) is 0. The van der Waals surface area contributed by atoms with Crippen molar-refractivity contribution in [1.29, 1.82) is 0 Å². The zero-order valence-corrected chi connectivity index (χ0v) is 12.5. The first-order valence-electron chi connectivity index (χ1n) is 7.98. The summed E-state index contributed by atoms with van der Waals surface area (Å²) in [4.78, 5) is 26.1. The number of likely N-dealkylation sites (tertiary alicyclic amines) is 1. The Bertz CT molecular complexity index is 334. The van der Waals surface area contributed by atoms with Crippen LogP contribution >= 0.6 is 0 Å². The van der Waals surface area contributed by atoms with Gasteiger partial charge >= 0.3 is 0 Å². The van der Waals surface area contributed by atoms with Gasteiger partial charge in [-0.25, -0.2) is 0 Å². The lowest BCUT2D eigenvalue weighted by Crippen LogP contribution is -2.49. The lowest BCUT2D eigenvalue weighted by atomic mass is 10.0. The molecule has 0 radical (unpaired) electrons. The fourth-order valence-corrected chi connectivity index (χ4v) is 3.07. The molecule has 0 bridgehead atoms. The van der Waals surface area contributed by atoms with Crippen LogP contribution in [-0.2, 0) is 9.59 Å². The van der Waals surface area contributed by atoms with Crippen LogP contribution in [0.25, 0.3) is 0 Å². The van der Waals surface area contributed by atoms with Crippen LogP contribution in [0.15, 0.2) is 0 Å². The predicted molar refractivity (Wildman–Crippen MR) is 78.3 cm³/mol. The number of carbonyl (C=O) groups excluding carboxylic acids is 2. The smallest absolute Gasteiger partial charge is 0.244 e. The first-order chi connectivity index (χ1) is 9.66. The highest BCUT2D eigenvalue weighted by Crippen LogP contribution is 2.11. The highest BCUT2D eigenvalue weighted by Gasteiger charge is 2.24. The maximum Gasteiger partial charge on any atom is 0.244 e. The summed E-state index contributed by atoms with van der Waals surface area (Å²) in [5, 5.41) is 6.21. The van der Waals surface area contributed by atoms with Gasteiger partial charge < -0.3 is 15.5 Å². The minimum Gasteiger partial charge on any atom is -0.345 e. The highest BCUT2D eigenvalue weighted by molar-refractivity contribution is 5.87. The molecule has 0 saturated carbocycles. The van der Waals surface area contributed by atoms with Crippen molar-refractivity contribution in [3.63, 3.8) is 0 Å². The fourth-order valence-electron chi connectivity index (χ4n) is 3.07. The second-order valence-electron chi connectivity index (χ2n) is 6.03. The van der Waals surface area contributed by atoms with E-state index in [9.17, 15) is 9.59 Å². The summed E-state index contributed by atoms with van der Waals surface area (Å²) in [6.45, 7) is 4.47. The molecule has 2 aliphatic heterocycles. The Morgan fingerprint density at radius 3 is 2.60 bits per heavy atom. The summed E-state index contributed by atoms with van der Waals surface area (Å²) < 4.78 is 0. The van der Waals surface area contributed by atoms with Crippen molar-refractivity contribution in [3.8, 4) is 0 Å². The lowest BCUT2D eigenvalue weighted by Gasteiger charge is -2.30. The molecule has 2 aliphatic rings. The third kappa shape index (κ3) is 4.47. The molecule has 0 aromatic rings. The van der Waals surface area contributed by atoms with E-state index in [4.69, 9.17) is 0 Å². The van der Waals surface area contributed by atoms with Crippen molar-refractivity contribution in [2.75, 3.05) is 19.6 Å². The minimum atomic E-state index is -0.399. The molecule has 2 rings (SSSR count). The fraction of sp³-hybridized carbons (Fsp3) is 0.867. The van der Waals surface area contributed by atoms with Gasteiger partial charge in [0.05, 0.1) is 0 Å². The number of nitrogens with zero attached hydrogens (tertiary/aromatic N) is 1. The van der Waals surface area contributed by atoms with Crippen molar-refractivity contribution in [3.05, 3.63) is 0 Å². The lowest BCUT2D eigenvalue weighted by molar-refractivity contribution is -0.136. The number of nitrogens with one attached hydrogen (secondary N) is 2. The van der Waals surface area contributed by atoms with Crippen molar-refractivity contribution >= 4 is 11.8 Å². The van der Waals surface area contributed by atoms with E-state index in [-0.39, 0.29) is 17.9 Å². The van der Waals surface area contributed by atoms with Gasteiger partial charge in [0.25, 0.3) is 0 Å². The van der Waals surface area contributed by atoms with Gasteiger partial charge in [-0.15, -0.1) is 0 Å². The Hall–Kier alpha value is -1.10. The van der Waals surface area contributed by atoms with E-state index < -0.39 is 6.04 Å². The Morgan fingerprint density at radius 1 is 1.20 bits per heavy atom. The van der Waals surface area contributed by atoms with Crippen molar-refractivity contribution in [2.45, 2.75) is 64.0 Å². The van der Waals surface area contributed by atoms with Gasteiger partial charge in [-0.2, -0.15) is 0 Å². The third-order valence-electron chi connectivity index (χ3n) is 4.26. The first kappa shape index (κ1) is 15.3. The molecule has 20 heavy (non-hydrogen) atoms. The van der Waals surface area contributed by atoms with Crippen LogP contribution in [-0.4, -0.2) is 48.4 Å². The second-order valence-corrected chi connectivity index (χ2v) is 6.03. The molecule has 5 heteroatoms. The Morgan fingerprint density at radius 2 is 1.95 bits per heavy atom. The number of hydrogen-bond acceptors (Lipinski definition) is 3. The summed E-state index contributed by atoms with van der Waals surface area (Å²) in [5.74, 6) is 0.0527. The summed E-state index contributed by atoms with van der Waals surface area (Å²) in [6, 6.07) is -0.120. The molecule has 114 valence electrons. The zero-order valence-electron chi connectivity index (χ0n) is 12.5. The standard InChI is InChI=1S/C15H27N3O2/c1-12(15(20)18-9-5-2-6-10-18)17-14(19)11-13-7-3-4-8-16-13/h12-13,16H,2-11H2,1H3,(H,17,19). The summed E-state index contributed by atoms with van der Waals surface area (Å²) in [6.07, 6.45) is 7.29. The van der Waals surface area contributed by atoms with Gasteiger partial charge in [0, 0.05) is 25.6 Å². The molecule has 5 nitrogen and oxygen atoms in total. The summed E-state index contributed by atoms with van der Waals surface area (Å²) in [5.41, 5.74) is 0.